The fourth-order valence-electron chi connectivity index (χ4n) is 2.49. The first kappa shape index (κ1) is 21.7. The van der Waals surface area contributed by atoms with Crippen molar-refractivity contribution >= 4 is 18.3 Å². The highest BCUT2D eigenvalue weighted by molar-refractivity contribution is 5.87. The van der Waals surface area contributed by atoms with Gasteiger partial charge in [0.1, 0.15) is 18.9 Å². The van der Waals surface area contributed by atoms with Crippen molar-refractivity contribution in [2.75, 3.05) is 0 Å². The van der Waals surface area contributed by atoms with E-state index in [1.54, 1.807) is 0 Å². The molecule has 0 aliphatic carbocycles. The molecule has 2 N–H and O–H groups in total. The van der Waals surface area contributed by atoms with Crippen LogP contribution in [0.4, 0.5) is 4.79 Å². The number of nitrogens with one attached hydrogen (secondary N) is 2. The number of amides is 2. The minimum absolute atomic E-state index is 0.135. The van der Waals surface area contributed by atoms with E-state index in [1.807, 2.05) is 51.1 Å². The Morgan fingerprint density at radius 2 is 1.85 bits per heavy atom. The fourth-order valence-corrected chi connectivity index (χ4v) is 2.49. The Morgan fingerprint density at radius 1 is 1.15 bits per heavy atom. The van der Waals surface area contributed by atoms with Gasteiger partial charge in [-0.3, -0.25) is 4.79 Å². The second kappa shape index (κ2) is 12.1. The third kappa shape index (κ3) is 8.65. The molecule has 0 aliphatic rings. The maximum absolute atomic E-state index is 12.5. The summed E-state index contributed by atoms with van der Waals surface area (Å²) in [6, 6.07) is 8.06. The van der Waals surface area contributed by atoms with Crippen LogP contribution in [-0.4, -0.2) is 30.4 Å². The van der Waals surface area contributed by atoms with Crippen molar-refractivity contribution in [3.05, 3.63) is 35.9 Å². The van der Waals surface area contributed by atoms with Crippen LogP contribution in [-0.2, 0) is 20.9 Å². The Bertz CT molecular complexity index is 560. The maximum atomic E-state index is 12.5. The first-order valence-corrected chi connectivity index (χ1v) is 9.19. The van der Waals surface area contributed by atoms with E-state index in [0.717, 1.165) is 24.7 Å². The Kier molecular flexibility index (Phi) is 10.1. The standard InChI is InChI=1S/C20H30N2O4/c1-4-5-11-17(13-23)21-19(24)18(12-15(2)3)22-20(25)26-14-16-9-7-6-8-10-16/h6-10,13,15,17-18H,4-5,11-12,14H2,1-3H3,(H,21,24)(H,22,25)/t17-,18+/m0/s1. The van der Waals surface area contributed by atoms with Gasteiger partial charge < -0.3 is 20.2 Å². The average Bonchev–Trinajstić information content (AvgIpc) is 2.63. The van der Waals surface area contributed by atoms with E-state index in [1.165, 1.54) is 0 Å². The molecule has 0 aromatic heterocycles. The topological polar surface area (TPSA) is 84.5 Å². The van der Waals surface area contributed by atoms with Gasteiger partial charge in [-0.15, -0.1) is 0 Å². The van der Waals surface area contributed by atoms with Crippen molar-refractivity contribution in [2.24, 2.45) is 5.92 Å². The van der Waals surface area contributed by atoms with Gasteiger partial charge in [-0.25, -0.2) is 4.79 Å². The minimum Gasteiger partial charge on any atom is -0.445 e. The Hall–Kier alpha value is -2.37. The molecule has 0 saturated heterocycles. The molecule has 0 spiro atoms. The predicted molar refractivity (Wildman–Crippen MR) is 101 cm³/mol. The second-order valence-corrected chi connectivity index (χ2v) is 6.78. The lowest BCUT2D eigenvalue weighted by atomic mass is 10.0. The summed E-state index contributed by atoms with van der Waals surface area (Å²) in [5.74, 6) is -0.158. The van der Waals surface area contributed by atoms with E-state index in [2.05, 4.69) is 10.6 Å². The zero-order chi connectivity index (χ0) is 19.4. The van der Waals surface area contributed by atoms with Gasteiger partial charge in [0.15, 0.2) is 0 Å². The van der Waals surface area contributed by atoms with Gasteiger partial charge >= 0.3 is 6.09 Å². The van der Waals surface area contributed by atoms with Crippen LogP contribution in [0.5, 0.6) is 0 Å². The lowest BCUT2D eigenvalue weighted by molar-refractivity contribution is -0.126. The highest BCUT2D eigenvalue weighted by Crippen LogP contribution is 2.08. The molecule has 0 aliphatic heterocycles. The summed E-state index contributed by atoms with van der Waals surface area (Å²) in [5.41, 5.74) is 0.869. The monoisotopic (exact) mass is 362 g/mol. The minimum atomic E-state index is -0.734. The Balaban J connectivity index is 2.59. The predicted octanol–water partition coefficient (Wildman–Crippen LogP) is 3.20. The van der Waals surface area contributed by atoms with E-state index in [9.17, 15) is 14.4 Å². The van der Waals surface area contributed by atoms with Crippen LogP contribution < -0.4 is 10.6 Å². The van der Waals surface area contributed by atoms with Crippen LogP contribution in [0.2, 0.25) is 0 Å². The van der Waals surface area contributed by atoms with Crippen LogP contribution >= 0.6 is 0 Å². The number of aldehydes is 1. The summed E-state index contributed by atoms with van der Waals surface area (Å²) in [4.78, 5) is 35.7. The summed E-state index contributed by atoms with van der Waals surface area (Å²) in [6.45, 7) is 6.09. The molecular formula is C20H30N2O4. The van der Waals surface area contributed by atoms with E-state index in [0.29, 0.717) is 12.8 Å². The average molecular weight is 362 g/mol. The summed E-state index contributed by atoms with van der Waals surface area (Å²) in [6.07, 6.45) is 2.95. The third-order valence-electron chi connectivity index (χ3n) is 3.89. The summed E-state index contributed by atoms with van der Waals surface area (Å²) in [7, 11) is 0. The van der Waals surface area contributed by atoms with Gasteiger partial charge in [-0.05, 0) is 24.3 Å². The molecule has 0 bridgehead atoms. The molecule has 1 aromatic rings. The van der Waals surface area contributed by atoms with Crippen LogP contribution in [0.1, 0.15) is 52.0 Å². The van der Waals surface area contributed by atoms with E-state index >= 15 is 0 Å². The zero-order valence-electron chi connectivity index (χ0n) is 15.9. The first-order valence-electron chi connectivity index (χ1n) is 9.19. The molecule has 0 unspecified atom stereocenters. The lowest BCUT2D eigenvalue weighted by Gasteiger charge is -2.22. The number of hydrogen-bond donors (Lipinski definition) is 2. The molecule has 2 atom stereocenters. The van der Waals surface area contributed by atoms with E-state index in [4.69, 9.17) is 4.74 Å². The fraction of sp³-hybridized carbons (Fsp3) is 0.550. The number of ether oxygens (including phenoxy) is 1. The van der Waals surface area contributed by atoms with Gasteiger partial charge in [0, 0.05) is 0 Å². The molecule has 0 radical (unpaired) electrons. The van der Waals surface area contributed by atoms with Gasteiger partial charge in [-0.2, -0.15) is 0 Å². The van der Waals surface area contributed by atoms with E-state index in [-0.39, 0.29) is 18.4 Å². The van der Waals surface area contributed by atoms with Crippen molar-refractivity contribution in [1.29, 1.82) is 0 Å². The van der Waals surface area contributed by atoms with Crippen molar-refractivity contribution in [3.8, 4) is 0 Å². The quantitative estimate of drug-likeness (QED) is 0.592. The number of rotatable bonds is 11. The van der Waals surface area contributed by atoms with Crippen LogP contribution in [0.25, 0.3) is 0 Å². The smallest absolute Gasteiger partial charge is 0.408 e. The first-order chi connectivity index (χ1) is 12.5. The number of alkyl carbamates (subject to hydrolysis) is 1. The lowest BCUT2D eigenvalue weighted by Crippen LogP contribution is -2.50. The van der Waals surface area contributed by atoms with Crippen molar-refractivity contribution in [2.45, 2.75) is 65.1 Å². The molecule has 144 valence electrons. The SMILES string of the molecule is CCCC[C@@H](C=O)NC(=O)[C@@H](CC(C)C)NC(=O)OCc1ccccc1. The number of carbonyl (C=O) groups excluding carboxylic acids is 3. The number of hydrogen-bond acceptors (Lipinski definition) is 4. The molecule has 26 heavy (non-hydrogen) atoms. The molecule has 1 rings (SSSR count). The highest BCUT2D eigenvalue weighted by Gasteiger charge is 2.24. The Morgan fingerprint density at radius 3 is 2.42 bits per heavy atom. The molecule has 0 saturated carbocycles. The second-order valence-electron chi connectivity index (χ2n) is 6.78. The summed E-state index contributed by atoms with van der Waals surface area (Å²) >= 11 is 0. The zero-order valence-corrected chi connectivity index (χ0v) is 15.9. The summed E-state index contributed by atoms with van der Waals surface area (Å²) < 4.78 is 5.19. The van der Waals surface area contributed by atoms with Crippen molar-refractivity contribution < 1.29 is 19.1 Å². The normalized spacial score (nSPS) is 12.9. The van der Waals surface area contributed by atoms with Crippen LogP contribution in [0, 0.1) is 5.92 Å². The van der Waals surface area contributed by atoms with Gasteiger partial charge in [-0.1, -0.05) is 63.9 Å². The molecule has 6 heteroatoms. The molecule has 0 heterocycles. The molecule has 1 aromatic carbocycles. The van der Waals surface area contributed by atoms with Gasteiger partial charge in [0.2, 0.25) is 5.91 Å². The van der Waals surface area contributed by atoms with Gasteiger partial charge in [0.25, 0.3) is 0 Å². The highest BCUT2D eigenvalue weighted by atomic mass is 16.5. The molecule has 2 amide bonds. The number of unbranched alkanes of at least 4 members (excludes halogenated alkanes) is 1. The molecule has 0 fully saturated rings. The Labute approximate surface area is 155 Å². The van der Waals surface area contributed by atoms with Crippen LogP contribution in [0.15, 0.2) is 30.3 Å². The summed E-state index contributed by atoms with van der Waals surface area (Å²) in [5, 5.41) is 5.32. The van der Waals surface area contributed by atoms with Crippen LogP contribution in [0.3, 0.4) is 0 Å². The van der Waals surface area contributed by atoms with Crippen molar-refractivity contribution in [3.63, 3.8) is 0 Å². The van der Waals surface area contributed by atoms with Gasteiger partial charge in [0.05, 0.1) is 6.04 Å². The third-order valence-corrected chi connectivity index (χ3v) is 3.89. The molecule has 6 nitrogen and oxygen atoms in total. The number of benzene rings is 1. The number of carbonyl (C=O) groups is 3. The van der Waals surface area contributed by atoms with E-state index < -0.39 is 18.2 Å². The molecular weight excluding hydrogens is 332 g/mol. The largest absolute Gasteiger partial charge is 0.445 e. The van der Waals surface area contributed by atoms with Crippen molar-refractivity contribution in [1.82, 2.24) is 10.6 Å². The maximum Gasteiger partial charge on any atom is 0.408 e.